The Kier molecular flexibility index (Phi) is 8.90. The van der Waals surface area contributed by atoms with Crippen LogP contribution in [0.25, 0.3) is 0 Å². The fourth-order valence-electron chi connectivity index (χ4n) is 4.39. The number of amides is 2. The maximum absolute atomic E-state index is 13.1. The smallest absolute Gasteiger partial charge is 0.260 e. The molecular formula is C26H32ClN3O6. The molecule has 1 atom stereocenters. The molecule has 0 unspecified atom stereocenters. The van der Waals surface area contributed by atoms with E-state index in [9.17, 15) is 9.59 Å². The van der Waals surface area contributed by atoms with Crippen molar-refractivity contribution in [2.24, 2.45) is 0 Å². The van der Waals surface area contributed by atoms with Crippen molar-refractivity contribution in [3.63, 3.8) is 0 Å². The van der Waals surface area contributed by atoms with Gasteiger partial charge in [0.15, 0.2) is 6.61 Å². The topological polar surface area (TPSA) is 80.8 Å². The number of carbonyl (C=O) groups excluding carboxylic acids is 2. The van der Waals surface area contributed by atoms with E-state index in [2.05, 4.69) is 4.90 Å². The van der Waals surface area contributed by atoms with Gasteiger partial charge in [-0.3, -0.25) is 14.5 Å². The molecule has 0 bridgehead atoms. The highest BCUT2D eigenvalue weighted by atomic mass is 35.5. The molecule has 0 spiro atoms. The van der Waals surface area contributed by atoms with Gasteiger partial charge >= 0.3 is 0 Å². The number of nitrogens with zero attached hydrogens (tertiary/aromatic N) is 3. The van der Waals surface area contributed by atoms with Crippen LogP contribution in [0, 0.1) is 0 Å². The minimum Gasteiger partial charge on any atom is -0.497 e. The molecule has 2 heterocycles. The molecule has 2 aliphatic rings. The summed E-state index contributed by atoms with van der Waals surface area (Å²) in [6.45, 7) is 4.93. The summed E-state index contributed by atoms with van der Waals surface area (Å²) in [5, 5.41) is 0.621. The number of rotatable bonds is 8. The molecule has 36 heavy (non-hydrogen) atoms. The van der Waals surface area contributed by atoms with Crippen LogP contribution >= 0.6 is 11.6 Å². The summed E-state index contributed by atoms with van der Waals surface area (Å²) in [4.78, 5) is 31.6. The van der Waals surface area contributed by atoms with Crippen molar-refractivity contribution in [2.75, 3.05) is 73.2 Å². The van der Waals surface area contributed by atoms with Gasteiger partial charge in [0, 0.05) is 56.9 Å². The van der Waals surface area contributed by atoms with Crippen LogP contribution in [-0.2, 0) is 9.53 Å². The molecule has 0 saturated carbocycles. The quantitative estimate of drug-likeness (QED) is 0.532. The van der Waals surface area contributed by atoms with Crippen LogP contribution in [0.3, 0.4) is 0 Å². The molecule has 2 aromatic carbocycles. The van der Waals surface area contributed by atoms with Crippen molar-refractivity contribution >= 4 is 23.4 Å². The Morgan fingerprint density at radius 3 is 2.36 bits per heavy atom. The number of hydrogen-bond donors (Lipinski definition) is 0. The average Bonchev–Trinajstić information content (AvgIpc) is 2.92. The Hall–Kier alpha value is -3.01. The molecule has 0 radical (unpaired) electrons. The monoisotopic (exact) mass is 517 g/mol. The van der Waals surface area contributed by atoms with Gasteiger partial charge in [-0.2, -0.15) is 0 Å². The molecule has 4 rings (SSSR count). The third-order valence-corrected chi connectivity index (χ3v) is 6.68. The van der Waals surface area contributed by atoms with E-state index >= 15 is 0 Å². The van der Waals surface area contributed by atoms with Crippen LogP contribution in [0.1, 0.15) is 10.4 Å². The van der Waals surface area contributed by atoms with Gasteiger partial charge in [-0.15, -0.1) is 0 Å². The number of benzene rings is 2. The molecule has 9 nitrogen and oxygen atoms in total. The summed E-state index contributed by atoms with van der Waals surface area (Å²) in [5.41, 5.74) is 0.525. The molecule has 2 amide bonds. The van der Waals surface area contributed by atoms with Gasteiger partial charge < -0.3 is 28.7 Å². The lowest BCUT2D eigenvalue weighted by Gasteiger charge is -2.39. The number of morpholine rings is 1. The first-order valence-corrected chi connectivity index (χ1v) is 12.4. The lowest BCUT2D eigenvalue weighted by Crippen LogP contribution is -2.54. The predicted molar refractivity (Wildman–Crippen MR) is 135 cm³/mol. The highest BCUT2D eigenvalue weighted by molar-refractivity contribution is 6.30. The average molecular weight is 518 g/mol. The van der Waals surface area contributed by atoms with Crippen molar-refractivity contribution in [3.05, 3.63) is 53.1 Å². The van der Waals surface area contributed by atoms with Gasteiger partial charge in [0.1, 0.15) is 17.2 Å². The SMILES string of the molecule is COc1ccc(C(=O)N2CCN(C[C@@H]3CN(C(=O)COc4ccc(Cl)cc4)CCO3)CC2)c(OC)c1. The molecule has 2 aliphatic heterocycles. The summed E-state index contributed by atoms with van der Waals surface area (Å²) in [5.74, 6) is 1.63. The maximum Gasteiger partial charge on any atom is 0.260 e. The number of methoxy groups -OCH3 is 2. The van der Waals surface area contributed by atoms with E-state index in [0.29, 0.717) is 67.2 Å². The largest absolute Gasteiger partial charge is 0.497 e. The number of halogens is 1. The van der Waals surface area contributed by atoms with Crippen LogP contribution < -0.4 is 14.2 Å². The number of hydrogen-bond acceptors (Lipinski definition) is 7. The molecule has 0 aliphatic carbocycles. The summed E-state index contributed by atoms with van der Waals surface area (Å²) in [7, 11) is 3.13. The first-order chi connectivity index (χ1) is 17.5. The van der Waals surface area contributed by atoms with Crippen LogP contribution in [0.15, 0.2) is 42.5 Å². The van der Waals surface area contributed by atoms with Crippen LogP contribution in [0.4, 0.5) is 0 Å². The Morgan fingerprint density at radius 1 is 0.944 bits per heavy atom. The first kappa shape index (κ1) is 26.1. The van der Waals surface area contributed by atoms with E-state index in [4.69, 9.17) is 30.5 Å². The van der Waals surface area contributed by atoms with Crippen LogP contribution in [0.5, 0.6) is 17.2 Å². The lowest BCUT2D eigenvalue weighted by molar-refractivity contribution is -0.141. The summed E-state index contributed by atoms with van der Waals surface area (Å²) in [6, 6.07) is 12.2. The lowest BCUT2D eigenvalue weighted by atomic mass is 10.1. The molecule has 2 saturated heterocycles. The number of piperazine rings is 1. The Labute approximate surface area is 216 Å². The zero-order valence-corrected chi connectivity index (χ0v) is 21.4. The van der Waals surface area contributed by atoms with Gasteiger partial charge in [-0.1, -0.05) is 11.6 Å². The third-order valence-electron chi connectivity index (χ3n) is 6.43. The number of carbonyl (C=O) groups is 2. The van der Waals surface area contributed by atoms with Crippen molar-refractivity contribution < 1.29 is 28.5 Å². The van der Waals surface area contributed by atoms with Crippen molar-refractivity contribution in [2.45, 2.75) is 6.10 Å². The fraction of sp³-hybridized carbons (Fsp3) is 0.462. The third kappa shape index (κ3) is 6.60. The second-order valence-corrected chi connectivity index (χ2v) is 9.17. The molecule has 0 aromatic heterocycles. The Morgan fingerprint density at radius 2 is 1.67 bits per heavy atom. The van der Waals surface area contributed by atoms with Crippen LogP contribution in [0.2, 0.25) is 5.02 Å². The standard InChI is InChI=1S/C26H32ClN3O6/c1-33-21-7-8-23(24(15-21)34-2)26(32)29-11-9-28(10-12-29)16-22-17-30(13-14-35-22)25(31)18-36-20-5-3-19(27)4-6-20/h3-8,15,22H,9-14,16-18H2,1-2H3/t22-/m1/s1. The summed E-state index contributed by atoms with van der Waals surface area (Å²) >= 11 is 5.89. The highest BCUT2D eigenvalue weighted by Gasteiger charge is 2.29. The van der Waals surface area contributed by atoms with Crippen molar-refractivity contribution in [3.8, 4) is 17.2 Å². The molecule has 10 heteroatoms. The van der Waals surface area contributed by atoms with E-state index in [1.165, 1.54) is 0 Å². The summed E-state index contributed by atoms with van der Waals surface area (Å²) < 4.78 is 22.2. The summed E-state index contributed by atoms with van der Waals surface area (Å²) in [6.07, 6.45) is -0.0813. The zero-order valence-electron chi connectivity index (χ0n) is 20.7. The maximum atomic E-state index is 13.1. The van der Waals surface area contributed by atoms with Gasteiger partial charge in [0.25, 0.3) is 11.8 Å². The minimum absolute atomic E-state index is 0.0238. The second kappa shape index (κ2) is 12.3. The van der Waals surface area contributed by atoms with E-state index in [0.717, 1.165) is 13.1 Å². The molecule has 2 aromatic rings. The van der Waals surface area contributed by atoms with Gasteiger partial charge in [0.05, 0.1) is 32.5 Å². The first-order valence-electron chi connectivity index (χ1n) is 12.0. The molecular weight excluding hydrogens is 486 g/mol. The fourth-order valence-corrected chi connectivity index (χ4v) is 4.52. The molecule has 194 valence electrons. The minimum atomic E-state index is -0.0813. The van der Waals surface area contributed by atoms with Gasteiger partial charge in [-0.05, 0) is 36.4 Å². The zero-order chi connectivity index (χ0) is 25.5. The van der Waals surface area contributed by atoms with E-state index in [-0.39, 0.29) is 24.5 Å². The highest BCUT2D eigenvalue weighted by Crippen LogP contribution is 2.26. The predicted octanol–water partition coefficient (Wildman–Crippen LogP) is 2.42. The van der Waals surface area contributed by atoms with E-state index in [1.54, 1.807) is 61.6 Å². The van der Waals surface area contributed by atoms with E-state index < -0.39 is 0 Å². The Balaban J connectivity index is 1.23. The van der Waals surface area contributed by atoms with Crippen molar-refractivity contribution in [1.82, 2.24) is 14.7 Å². The van der Waals surface area contributed by atoms with Crippen molar-refractivity contribution in [1.29, 1.82) is 0 Å². The second-order valence-electron chi connectivity index (χ2n) is 8.73. The van der Waals surface area contributed by atoms with Crippen LogP contribution in [-0.4, -0.2) is 106 Å². The number of ether oxygens (including phenoxy) is 4. The van der Waals surface area contributed by atoms with E-state index in [1.807, 2.05) is 4.90 Å². The Bertz CT molecular complexity index is 1040. The molecule has 2 fully saturated rings. The molecule has 0 N–H and O–H groups in total. The van der Waals surface area contributed by atoms with Gasteiger partial charge in [-0.25, -0.2) is 0 Å². The van der Waals surface area contributed by atoms with Gasteiger partial charge in [0.2, 0.25) is 0 Å². The normalized spacial score (nSPS) is 18.6.